The number of hydrogen-bond donors (Lipinski definition) is 6. The summed E-state index contributed by atoms with van der Waals surface area (Å²) in [6.45, 7) is 0. The molecule has 3 heterocycles. The van der Waals surface area contributed by atoms with E-state index in [0.29, 0.717) is 0 Å². The Morgan fingerprint density at radius 2 is 0.291 bits per heavy atom. The Kier molecular flexibility index (Phi) is 24.0. The minimum Gasteiger partial charge on any atom is -0.402 e. The maximum Gasteiger partial charge on any atom is 0.631 e. The Bertz CT molecular complexity index is 2710. The number of rotatable bonds is 3. The van der Waals surface area contributed by atoms with Crippen LogP contribution in [0, 0.1) is 140 Å². The Hall–Kier alpha value is -8.58. The van der Waals surface area contributed by atoms with E-state index in [1.165, 1.54) is 0 Å². The molecule has 0 spiro atoms. The van der Waals surface area contributed by atoms with Crippen LogP contribution in [-0.2, 0) is 0 Å². The largest absolute Gasteiger partial charge is 0.631 e. The summed E-state index contributed by atoms with van der Waals surface area (Å²) in [7, 11) is -2.17. The predicted molar refractivity (Wildman–Crippen MR) is 229 cm³/mol. The Morgan fingerprint density at radius 3 is 0.354 bits per heavy atom. The van der Waals surface area contributed by atoms with Crippen LogP contribution in [0.15, 0.2) is 110 Å². The van der Waals surface area contributed by atoms with Crippen LogP contribution >= 0.6 is 0 Å². The van der Waals surface area contributed by atoms with Gasteiger partial charge in [-0.25, -0.2) is 105 Å². The van der Waals surface area contributed by atoms with Gasteiger partial charge in [0.2, 0.25) is 0 Å². The number of aromatic amines is 3. The Labute approximate surface area is 425 Å². The van der Waals surface area contributed by atoms with Crippen molar-refractivity contribution in [2.75, 3.05) is 0 Å². The average Bonchev–Trinajstić information content (AvgIpc) is 4.27. The zero-order chi connectivity index (χ0) is 59.7. The van der Waals surface area contributed by atoms with E-state index in [1.54, 1.807) is 0 Å². The summed E-state index contributed by atoms with van der Waals surface area (Å²) in [5.41, 5.74) is -11.2. The first kappa shape index (κ1) is 64.7. The monoisotopic (exact) mass is 1160 g/mol. The number of aromatic nitrogens is 3. The summed E-state index contributed by atoms with van der Waals surface area (Å²) >= 11 is 0. The molecule has 6 N–H and O–H groups in total. The van der Waals surface area contributed by atoms with Gasteiger partial charge in [0.1, 0.15) is 0 Å². The van der Waals surface area contributed by atoms with E-state index >= 15 is 0 Å². The van der Waals surface area contributed by atoms with E-state index in [9.17, 15) is 105 Å². The first-order valence-corrected chi connectivity index (χ1v) is 20.3. The standard InChI is InChI=1S/3C12H2F8.3C4H5N.BH3O3/c3*13-3-1-4(14)10(18)7(9(3)17)8-11(19)5(15)2-6(16)12(8)20;3*1-2-4-5-3-1;2-1(3)4/h3*1-2H;3*1-5H;2-4H. The second kappa shape index (κ2) is 29.2. The molecule has 0 amide bonds. The van der Waals surface area contributed by atoms with Gasteiger partial charge in [-0.1, -0.05) is 0 Å². The third-order valence-electron chi connectivity index (χ3n) is 8.91. The highest BCUT2D eigenvalue weighted by Crippen LogP contribution is 2.38. The van der Waals surface area contributed by atoms with E-state index in [0.717, 1.165) is 0 Å². The fourth-order valence-corrected chi connectivity index (χ4v) is 5.59. The SMILES string of the molecule is Fc1cc(F)c(F)c(-c2c(F)c(F)cc(F)c2F)c1F.Fc1cc(F)c(F)c(-c2c(F)c(F)cc(F)c2F)c1F.Fc1cc(F)c(F)c(-c2c(F)c(F)cc(F)c2F)c1F.OB(O)O.c1cc[nH]c1.c1cc[nH]c1.c1cc[nH]c1. The lowest BCUT2D eigenvalue weighted by Gasteiger charge is -2.10. The summed E-state index contributed by atoms with van der Waals surface area (Å²) < 4.78 is 316. The van der Waals surface area contributed by atoms with Crippen molar-refractivity contribution in [3.05, 3.63) is 250 Å². The summed E-state index contributed by atoms with van der Waals surface area (Å²) in [5, 5.41) is 21.5. The van der Waals surface area contributed by atoms with Crippen molar-refractivity contribution >= 4 is 7.32 Å². The second-order valence-corrected chi connectivity index (χ2v) is 14.1. The van der Waals surface area contributed by atoms with Crippen LogP contribution in [0.5, 0.6) is 0 Å². The first-order chi connectivity index (χ1) is 37.0. The van der Waals surface area contributed by atoms with E-state index in [4.69, 9.17) is 15.1 Å². The second-order valence-electron chi connectivity index (χ2n) is 14.1. The number of benzene rings is 6. The molecule has 0 unspecified atom stereocenters. The first-order valence-electron chi connectivity index (χ1n) is 20.3. The van der Waals surface area contributed by atoms with Gasteiger partial charge in [-0.05, 0) is 36.4 Å². The van der Waals surface area contributed by atoms with Gasteiger partial charge in [-0.2, -0.15) is 0 Å². The van der Waals surface area contributed by atoms with Crippen molar-refractivity contribution in [3.63, 3.8) is 0 Å². The van der Waals surface area contributed by atoms with Crippen molar-refractivity contribution in [2.24, 2.45) is 0 Å². The number of hydrogen-bond acceptors (Lipinski definition) is 3. The summed E-state index contributed by atoms with van der Waals surface area (Å²) in [4.78, 5) is 8.58. The average molecular weight is 1160 g/mol. The highest BCUT2D eigenvalue weighted by Gasteiger charge is 2.32. The third-order valence-corrected chi connectivity index (χ3v) is 8.91. The zero-order valence-electron chi connectivity index (χ0n) is 37.9. The molecule has 9 aromatic rings. The lowest BCUT2D eigenvalue weighted by Crippen LogP contribution is -2.07. The maximum absolute atomic E-state index is 13.4. The van der Waals surface area contributed by atoms with Gasteiger partial charge in [0.05, 0.1) is 33.4 Å². The summed E-state index contributed by atoms with van der Waals surface area (Å²) in [6.07, 6.45) is 11.2. The Balaban J connectivity index is 0.000000265. The molecule has 3 aromatic heterocycles. The molecule has 0 aliphatic carbocycles. The number of H-pyrrole nitrogens is 3. The fraction of sp³-hybridized carbons (Fsp3) is 0. The lowest BCUT2D eigenvalue weighted by molar-refractivity contribution is 0.278. The molecule has 0 aliphatic heterocycles. The van der Waals surface area contributed by atoms with Gasteiger partial charge in [-0.3, -0.25) is 0 Å². The minimum atomic E-state index is -2.17. The van der Waals surface area contributed by atoms with Crippen LogP contribution < -0.4 is 0 Å². The molecule has 9 rings (SSSR count). The van der Waals surface area contributed by atoms with Gasteiger partial charge < -0.3 is 30.0 Å². The van der Waals surface area contributed by atoms with E-state index in [2.05, 4.69) is 15.0 Å². The molecule has 0 radical (unpaired) electrons. The quantitative estimate of drug-likeness (QED) is 0.0603. The topological polar surface area (TPSA) is 108 Å². The molecule has 0 fully saturated rings. The van der Waals surface area contributed by atoms with Crippen molar-refractivity contribution in [1.29, 1.82) is 0 Å². The normalized spacial score (nSPS) is 10.2. The summed E-state index contributed by atoms with van der Waals surface area (Å²) in [5.74, 6) is -49.7. The van der Waals surface area contributed by atoms with Gasteiger partial charge in [-0.15, -0.1) is 0 Å². The van der Waals surface area contributed by atoms with Crippen molar-refractivity contribution < 1.29 is 120 Å². The number of halogens is 24. The van der Waals surface area contributed by atoms with Gasteiger partial charge in [0.25, 0.3) is 0 Å². The number of nitrogens with one attached hydrogen (secondary N) is 3. The molecular formula is C48H24BF24N3O3. The molecule has 0 bridgehead atoms. The molecule has 79 heavy (non-hydrogen) atoms. The molecule has 0 saturated carbocycles. The van der Waals surface area contributed by atoms with Crippen LogP contribution in [0.2, 0.25) is 0 Å². The van der Waals surface area contributed by atoms with E-state index in [-0.39, 0.29) is 36.4 Å². The fourth-order valence-electron chi connectivity index (χ4n) is 5.59. The van der Waals surface area contributed by atoms with Crippen molar-refractivity contribution in [2.45, 2.75) is 0 Å². The molecular weight excluding hydrogens is 1130 g/mol. The van der Waals surface area contributed by atoms with Gasteiger partial charge in [0, 0.05) is 73.6 Å². The smallest absolute Gasteiger partial charge is 0.402 e. The van der Waals surface area contributed by atoms with E-state index in [1.807, 2.05) is 73.6 Å². The molecule has 6 nitrogen and oxygen atoms in total. The molecule has 0 atom stereocenters. The molecule has 6 aromatic carbocycles. The molecule has 0 saturated heterocycles. The zero-order valence-corrected chi connectivity index (χ0v) is 37.9. The summed E-state index contributed by atoms with van der Waals surface area (Å²) in [6, 6.07) is 10.4. The van der Waals surface area contributed by atoms with E-state index < -0.39 is 180 Å². The van der Waals surface area contributed by atoms with Crippen molar-refractivity contribution in [3.8, 4) is 33.4 Å². The lowest BCUT2D eigenvalue weighted by atomic mass is 10.0. The molecule has 0 aliphatic rings. The predicted octanol–water partition coefficient (Wildman–Crippen LogP) is 14.4. The molecule has 420 valence electrons. The van der Waals surface area contributed by atoms with Gasteiger partial charge in [0.15, 0.2) is 140 Å². The Morgan fingerprint density at radius 1 is 0.203 bits per heavy atom. The minimum absolute atomic E-state index is 0.209. The van der Waals surface area contributed by atoms with Crippen LogP contribution in [0.3, 0.4) is 0 Å². The van der Waals surface area contributed by atoms with Crippen molar-refractivity contribution in [1.82, 2.24) is 15.0 Å². The van der Waals surface area contributed by atoms with Crippen LogP contribution in [0.25, 0.3) is 33.4 Å². The third kappa shape index (κ3) is 16.5. The van der Waals surface area contributed by atoms with Crippen LogP contribution in [0.4, 0.5) is 105 Å². The van der Waals surface area contributed by atoms with Gasteiger partial charge >= 0.3 is 7.32 Å². The van der Waals surface area contributed by atoms with Crippen LogP contribution in [0.1, 0.15) is 0 Å². The highest BCUT2D eigenvalue weighted by molar-refractivity contribution is 6.30. The maximum atomic E-state index is 13.4. The molecule has 31 heteroatoms. The highest BCUT2D eigenvalue weighted by atomic mass is 19.2. The van der Waals surface area contributed by atoms with Crippen LogP contribution in [-0.4, -0.2) is 37.3 Å².